The Morgan fingerprint density at radius 2 is 1.95 bits per heavy atom. The fourth-order valence-electron chi connectivity index (χ4n) is 2.30. The van der Waals surface area contributed by atoms with Gasteiger partial charge in [-0.05, 0) is 58.1 Å². The maximum atomic E-state index is 12.3. The molecule has 0 spiro atoms. The van der Waals surface area contributed by atoms with Crippen molar-refractivity contribution in [3.05, 3.63) is 50.6 Å². The highest BCUT2D eigenvalue weighted by Gasteiger charge is 2.22. The maximum absolute atomic E-state index is 12.3. The standard InChI is InChI=1S/C15H12BrNO2S/c16-12-7-9-20-15(12)14(19)10-3-5-11(6-4-10)17-8-1-2-13(17)18/h3-7,9H,1-2,8H2. The molecule has 2 heterocycles. The highest BCUT2D eigenvalue weighted by Crippen LogP contribution is 2.27. The number of benzene rings is 1. The van der Waals surface area contributed by atoms with Gasteiger partial charge in [0, 0.05) is 28.7 Å². The van der Waals surface area contributed by atoms with Crippen molar-refractivity contribution < 1.29 is 9.59 Å². The molecule has 5 heteroatoms. The number of ketones is 1. The van der Waals surface area contributed by atoms with Crippen LogP contribution in [0.4, 0.5) is 5.69 Å². The number of nitrogens with zero attached hydrogens (tertiary/aromatic N) is 1. The van der Waals surface area contributed by atoms with Crippen molar-refractivity contribution in [3.63, 3.8) is 0 Å². The number of carbonyl (C=O) groups excluding carboxylic acids is 2. The second-order valence-electron chi connectivity index (χ2n) is 4.62. The van der Waals surface area contributed by atoms with Crippen LogP contribution in [-0.2, 0) is 4.79 Å². The van der Waals surface area contributed by atoms with Crippen molar-refractivity contribution in [3.8, 4) is 0 Å². The van der Waals surface area contributed by atoms with E-state index in [1.807, 2.05) is 23.6 Å². The summed E-state index contributed by atoms with van der Waals surface area (Å²) in [5, 5.41) is 1.88. The third kappa shape index (κ3) is 2.43. The number of amides is 1. The molecule has 102 valence electrons. The SMILES string of the molecule is O=C(c1ccc(N2CCCC2=O)cc1)c1sccc1Br. The van der Waals surface area contributed by atoms with E-state index in [0.717, 1.165) is 23.1 Å². The lowest BCUT2D eigenvalue weighted by Gasteiger charge is -2.15. The Morgan fingerprint density at radius 1 is 1.20 bits per heavy atom. The van der Waals surface area contributed by atoms with Crippen LogP contribution >= 0.6 is 27.3 Å². The van der Waals surface area contributed by atoms with Gasteiger partial charge in [0.25, 0.3) is 0 Å². The average Bonchev–Trinajstić information content (AvgIpc) is 3.07. The van der Waals surface area contributed by atoms with E-state index in [1.165, 1.54) is 11.3 Å². The predicted octanol–water partition coefficient (Wildman–Crippen LogP) is 3.87. The number of carbonyl (C=O) groups is 2. The molecule has 0 N–H and O–H groups in total. The van der Waals surface area contributed by atoms with E-state index < -0.39 is 0 Å². The Balaban J connectivity index is 1.85. The van der Waals surface area contributed by atoms with Crippen molar-refractivity contribution in [1.82, 2.24) is 0 Å². The molecule has 20 heavy (non-hydrogen) atoms. The van der Waals surface area contributed by atoms with E-state index in [1.54, 1.807) is 17.0 Å². The molecule has 1 fully saturated rings. The smallest absolute Gasteiger partial charge is 0.227 e. The van der Waals surface area contributed by atoms with Crippen LogP contribution in [0.1, 0.15) is 28.1 Å². The number of halogens is 1. The van der Waals surface area contributed by atoms with Crippen LogP contribution in [0, 0.1) is 0 Å². The molecule has 0 unspecified atom stereocenters. The molecule has 0 aliphatic carbocycles. The first-order valence-electron chi connectivity index (χ1n) is 6.35. The Labute approximate surface area is 129 Å². The first-order valence-corrected chi connectivity index (χ1v) is 8.02. The van der Waals surface area contributed by atoms with Crippen LogP contribution in [-0.4, -0.2) is 18.2 Å². The van der Waals surface area contributed by atoms with E-state index in [-0.39, 0.29) is 11.7 Å². The molecule has 1 saturated heterocycles. The summed E-state index contributed by atoms with van der Waals surface area (Å²) in [6, 6.07) is 9.13. The van der Waals surface area contributed by atoms with Gasteiger partial charge in [-0.3, -0.25) is 9.59 Å². The third-order valence-corrected chi connectivity index (χ3v) is 5.17. The van der Waals surface area contributed by atoms with Crippen LogP contribution in [0.5, 0.6) is 0 Å². The van der Waals surface area contributed by atoms with Crippen molar-refractivity contribution in [2.24, 2.45) is 0 Å². The van der Waals surface area contributed by atoms with Crippen molar-refractivity contribution in [1.29, 1.82) is 0 Å². The summed E-state index contributed by atoms with van der Waals surface area (Å²) < 4.78 is 0.825. The normalized spacial score (nSPS) is 14.8. The molecule has 1 aromatic heterocycles. The van der Waals surface area contributed by atoms with Crippen LogP contribution < -0.4 is 4.90 Å². The number of hydrogen-bond acceptors (Lipinski definition) is 3. The zero-order valence-corrected chi connectivity index (χ0v) is 13.0. The summed E-state index contributed by atoms with van der Waals surface area (Å²) in [6.07, 6.45) is 1.52. The van der Waals surface area contributed by atoms with E-state index in [0.29, 0.717) is 16.9 Å². The zero-order chi connectivity index (χ0) is 14.1. The molecule has 3 nitrogen and oxygen atoms in total. The lowest BCUT2D eigenvalue weighted by Crippen LogP contribution is -2.23. The molecular weight excluding hydrogens is 338 g/mol. The summed E-state index contributed by atoms with van der Waals surface area (Å²) in [7, 11) is 0. The molecule has 0 saturated carbocycles. The third-order valence-electron chi connectivity index (χ3n) is 3.34. The van der Waals surface area contributed by atoms with Crippen LogP contribution in [0.3, 0.4) is 0 Å². The fraction of sp³-hybridized carbons (Fsp3) is 0.200. The molecule has 0 radical (unpaired) electrons. The monoisotopic (exact) mass is 349 g/mol. The molecule has 1 aliphatic rings. The van der Waals surface area contributed by atoms with Crippen molar-refractivity contribution in [2.75, 3.05) is 11.4 Å². The molecular formula is C15H12BrNO2S. The van der Waals surface area contributed by atoms with Gasteiger partial charge in [-0.15, -0.1) is 11.3 Å². The quantitative estimate of drug-likeness (QED) is 0.788. The average molecular weight is 350 g/mol. The van der Waals surface area contributed by atoms with Gasteiger partial charge in [0.05, 0.1) is 4.88 Å². The van der Waals surface area contributed by atoms with Crippen LogP contribution in [0.25, 0.3) is 0 Å². The van der Waals surface area contributed by atoms with Gasteiger partial charge in [-0.2, -0.15) is 0 Å². The summed E-state index contributed by atoms with van der Waals surface area (Å²) in [4.78, 5) is 26.5. The van der Waals surface area contributed by atoms with Gasteiger partial charge in [0.1, 0.15) is 0 Å². The molecule has 0 bridgehead atoms. The van der Waals surface area contributed by atoms with Gasteiger partial charge in [-0.25, -0.2) is 0 Å². The molecule has 0 atom stereocenters. The molecule has 1 aliphatic heterocycles. The second-order valence-corrected chi connectivity index (χ2v) is 6.39. The number of anilines is 1. The highest BCUT2D eigenvalue weighted by molar-refractivity contribution is 9.10. The number of rotatable bonds is 3. The van der Waals surface area contributed by atoms with Gasteiger partial charge in [0.15, 0.2) is 0 Å². The molecule has 3 rings (SSSR count). The summed E-state index contributed by atoms with van der Waals surface area (Å²) >= 11 is 4.80. The van der Waals surface area contributed by atoms with E-state index >= 15 is 0 Å². The fourth-order valence-corrected chi connectivity index (χ4v) is 3.81. The molecule has 1 amide bonds. The zero-order valence-electron chi connectivity index (χ0n) is 10.6. The minimum Gasteiger partial charge on any atom is -0.312 e. The minimum atomic E-state index is 0.00572. The van der Waals surface area contributed by atoms with E-state index in [4.69, 9.17) is 0 Å². The summed E-state index contributed by atoms with van der Waals surface area (Å²) in [5.74, 6) is 0.163. The van der Waals surface area contributed by atoms with Gasteiger partial charge in [-0.1, -0.05) is 0 Å². The van der Waals surface area contributed by atoms with E-state index in [2.05, 4.69) is 15.9 Å². The van der Waals surface area contributed by atoms with E-state index in [9.17, 15) is 9.59 Å². The summed E-state index contributed by atoms with van der Waals surface area (Å²) in [6.45, 7) is 0.766. The molecule has 2 aromatic rings. The topological polar surface area (TPSA) is 37.4 Å². The minimum absolute atomic E-state index is 0.00572. The molecule has 1 aromatic carbocycles. The van der Waals surface area contributed by atoms with Gasteiger partial charge in [0.2, 0.25) is 11.7 Å². The largest absolute Gasteiger partial charge is 0.312 e. The van der Waals surface area contributed by atoms with Crippen molar-refractivity contribution >= 4 is 44.6 Å². The Morgan fingerprint density at radius 3 is 2.50 bits per heavy atom. The predicted molar refractivity (Wildman–Crippen MR) is 83.5 cm³/mol. The lowest BCUT2D eigenvalue weighted by atomic mass is 10.1. The van der Waals surface area contributed by atoms with Gasteiger partial charge < -0.3 is 4.90 Å². The highest BCUT2D eigenvalue weighted by atomic mass is 79.9. The maximum Gasteiger partial charge on any atom is 0.227 e. The summed E-state index contributed by atoms with van der Waals surface area (Å²) in [5.41, 5.74) is 1.51. The first-order chi connectivity index (χ1) is 9.66. The Hall–Kier alpha value is -1.46. The second kappa shape index (κ2) is 5.50. The van der Waals surface area contributed by atoms with Gasteiger partial charge >= 0.3 is 0 Å². The number of hydrogen-bond donors (Lipinski definition) is 0. The van der Waals surface area contributed by atoms with Crippen LogP contribution in [0.2, 0.25) is 0 Å². The lowest BCUT2D eigenvalue weighted by molar-refractivity contribution is -0.117. The van der Waals surface area contributed by atoms with Crippen LogP contribution in [0.15, 0.2) is 40.2 Å². The number of thiophene rings is 1. The first kappa shape index (κ1) is 13.5. The Kier molecular flexibility index (Phi) is 3.72. The van der Waals surface area contributed by atoms with Crippen molar-refractivity contribution in [2.45, 2.75) is 12.8 Å². The Bertz CT molecular complexity index is 663.